The summed E-state index contributed by atoms with van der Waals surface area (Å²) >= 11 is 5.89. The van der Waals surface area contributed by atoms with Crippen molar-refractivity contribution < 1.29 is 14.7 Å². The van der Waals surface area contributed by atoms with Crippen molar-refractivity contribution in [2.75, 3.05) is 0 Å². The van der Waals surface area contributed by atoms with E-state index >= 15 is 0 Å². The zero-order valence-electron chi connectivity index (χ0n) is 10.9. The van der Waals surface area contributed by atoms with Crippen LogP contribution in [0.2, 0.25) is 5.02 Å². The van der Waals surface area contributed by atoms with Gasteiger partial charge in [0.25, 0.3) is 0 Å². The van der Waals surface area contributed by atoms with Crippen LogP contribution in [-0.2, 0) is 9.59 Å². The van der Waals surface area contributed by atoms with E-state index in [0.29, 0.717) is 24.3 Å². The van der Waals surface area contributed by atoms with E-state index in [1.54, 1.807) is 6.07 Å². The minimum Gasteiger partial charge on any atom is -0.481 e. The summed E-state index contributed by atoms with van der Waals surface area (Å²) in [6.45, 7) is 1.89. The van der Waals surface area contributed by atoms with Gasteiger partial charge in [-0.25, -0.2) is 0 Å². The second-order valence-electron chi connectivity index (χ2n) is 4.45. The van der Waals surface area contributed by atoms with Crippen molar-refractivity contribution in [1.82, 2.24) is 5.32 Å². The Morgan fingerprint density at radius 2 is 2.00 bits per heavy atom. The Morgan fingerprint density at radius 1 is 1.32 bits per heavy atom. The fraction of sp³-hybridized carbons (Fsp3) is 0.429. The molecule has 0 saturated carbocycles. The van der Waals surface area contributed by atoms with Crippen LogP contribution in [-0.4, -0.2) is 17.0 Å². The summed E-state index contributed by atoms with van der Waals surface area (Å²) in [5.41, 5.74) is 0.950. The predicted molar refractivity (Wildman–Crippen MR) is 74.1 cm³/mol. The standard InChI is InChI=1S/C14H18ClNO3/c1-10(11-5-4-6-12(15)9-11)16-13(17)7-2-3-8-14(18)19/h4-6,9-10H,2-3,7-8H2,1H3,(H,16,17)(H,18,19)/t10-/m1/s1. The van der Waals surface area contributed by atoms with Gasteiger partial charge in [-0.1, -0.05) is 23.7 Å². The van der Waals surface area contributed by atoms with Crippen molar-refractivity contribution in [3.05, 3.63) is 34.9 Å². The molecule has 19 heavy (non-hydrogen) atoms. The van der Waals surface area contributed by atoms with Crippen LogP contribution in [0.3, 0.4) is 0 Å². The maximum atomic E-state index is 11.7. The Morgan fingerprint density at radius 3 is 2.63 bits per heavy atom. The topological polar surface area (TPSA) is 66.4 Å². The number of carboxylic acid groups (broad SMARTS) is 1. The van der Waals surface area contributed by atoms with Crippen LogP contribution in [0.5, 0.6) is 0 Å². The number of hydrogen-bond donors (Lipinski definition) is 2. The van der Waals surface area contributed by atoms with Crippen LogP contribution in [0.1, 0.15) is 44.2 Å². The monoisotopic (exact) mass is 283 g/mol. The van der Waals surface area contributed by atoms with Gasteiger partial charge in [-0.3, -0.25) is 9.59 Å². The quantitative estimate of drug-likeness (QED) is 0.755. The van der Waals surface area contributed by atoms with E-state index < -0.39 is 5.97 Å². The van der Waals surface area contributed by atoms with Crippen molar-refractivity contribution in [2.24, 2.45) is 0 Å². The summed E-state index contributed by atoms with van der Waals surface area (Å²) in [4.78, 5) is 22.0. The summed E-state index contributed by atoms with van der Waals surface area (Å²) in [7, 11) is 0. The SMILES string of the molecule is C[C@@H](NC(=O)CCCCC(=O)O)c1cccc(Cl)c1. The van der Waals surface area contributed by atoms with Gasteiger partial charge in [0, 0.05) is 17.9 Å². The molecule has 0 saturated heterocycles. The predicted octanol–water partition coefficient (Wildman–Crippen LogP) is 3.16. The molecule has 0 radical (unpaired) electrons. The van der Waals surface area contributed by atoms with Gasteiger partial charge in [-0.15, -0.1) is 0 Å². The van der Waals surface area contributed by atoms with E-state index in [0.717, 1.165) is 5.56 Å². The highest BCUT2D eigenvalue weighted by molar-refractivity contribution is 6.30. The molecule has 1 amide bonds. The van der Waals surface area contributed by atoms with Crippen LogP contribution < -0.4 is 5.32 Å². The Bertz CT molecular complexity index is 448. The zero-order chi connectivity index (χ0) is 14.3. The molecule has 0 aliphatic heterocycles. The van der Waals surface area contributed by atoms with Crippen LogP contribution >= 0.6 is 11.6 Å². The molecule has 1 aromatic carbocycles. The lowest BCUT2D eigenvalue weighted by molar-refractivity contribution is -0.137. The number of unbranched alkanes of at least 4 members (excludes halogenated alkanes) is 1. The van der Waals surface area contributed by atoms with Crippen molar-refractivity contribution in [1.29, 1.82) is 0 Å². The first-order chi connectivity index (χ1) is 8.99. The lowest BCUT2D eigenvalue weighted by atomic mass is 10.1. The molecule has 4 nitrogen and oxygen atoms in total. The van der Waals surface area contributed by atoms with E-state index in [1.807, 2.05) is 25.1 Å². The van der Waals surface area contributed by atoms with Gasteiger partial charge in [0.2, 0.25) is 5.91 Å². The highest BCUT2D eigenvalue weighted by Crippen LogP contribution is 2.17. The van der Waals surface area contributed by atoms with Gasteiger partial charge >= 0.3 is 5.97 Å². The maximum absolute atomic E-state index is 11.7. The molecule has 0 spiro atoms. The maximum Gasteiger partial charge on any atom is 0.303 e. The number of hydrogen-bond acceptors (Lipinski definition) is 2. The van der Waals surface area contributed by atoms with E-state index in [4.69, 9.17) is 16.7 Å². The minimum absolute atomic E-state index is 0.0714. The fourth-order valence-corrected chi connectivity index (χ4v) is 1.93. The van der Waals surface area contributed by atoms with Crippen molar-refractivity contribution in [3.63, 3.8) is 0 Å². The summed E-state index contributed by atoms with van der Waals surface area (Å²) in [5.74, 6) is -0.898. The number of benzene rings is 1. The molecular weight excluding hydrogens is 266 g/mol. The smallest absolute Gasteiger partial charge is 0.303 e. The van der Waals surface area contributed by atoms with E-state index in [-0.39, 0.29) is 18.4 Å². The Balaban J connectivity index is 2.34. The summed E-state index contributed by atoms with van der Waals surface area (Å²) in [6, 6.07) is 7.24. The number of amides is 1. The molecule has 0 fully saturated rings. The average Bonchev–Trinajstić information content (AvgIpc) is 2.34. The molecular formula is C14H18ClNO3. The molecule has 0 aliphatic carbocycles. The number of rotatable bonds is 7. The largest absolute Gasteiger partial charge is 0.481 e. The van der Waals surface area contributed by atoms with Crippen LogP contribution in [0.25, 0.3) is 0 Å². The third kappa shape index (κ3) is 6.25. The minimum atomic E-state index is -0.826. The zero-order valence-corrected chi connectivity index (χ0v) is 11.6. The number of halogens is 1. The molecule has 5 heteroatoms. The molecule has 1 aromatic rings. The molecule has 104 valence electrons. The summed E-state index contributed by atoms with van der Waals surface area (Å²) < 4.78 is 0. The number of carbonyl (C=O) groups is 2. The van der Waals surface area contributed by atoms with Gasteiger partial charge in [-0.05, 0) is 37.5 Å². The van der Waals surface area contributed by atoms with Crippen LogP contribution in [0.15, 0.2) is 24.3 Å². The van der Waals surface area contributed by atoms with E-state index in [2.05, 4.69) is 5.32 Å². The molecule has 0 aromatic heterocycles. The second kappa shape index (κ2) is 7.79. The highest BCUT2D eigenvalue weighted by atomic mass is 35.5. The van der Waals surface area contributed by atoms with E-state index in [9.17, 15) is 9.59 Å². The van der Waals surface area contributed by atoms with E-state index in [1.165, 1.54) is 0 Å². The molecule has 0 heterocycles. The Labute approximate surface area is 117 Å². The summed E-state index contributed by atoms with van der Waals surface area (Å²) in [5, 5.41) is 12.0. The molecule has 0 unspecified atom stereocenters. The third-order valence-corrected chi connectivity index (χ3v) is 3.01. The van der Waals surface area contributed by atoms with Gasteiger partial charge in [0.1, 0.15) is 0 Å². The first-order valence-electron chi connectivity index (χ1n) is 6.25. The summed E-state index contributed by atoms with van der Waals surface area (Å²) in [6.07, 6.45) is 1.56. The van der Waals surface area contributed by atoms with Crippen LogP contribution in [0.4, 0.5) is 0 Å². The van der Waals surface area contributed by atoms with Gasteiger partial charge in [-0.2, -0.15) is 0 Å². The van der Waals surface area contributed by atoms with Crippen LogP contribution in [0, 0.1) is 0 Å². The number of nitrogens with one attached hydrogen (secondary N) is 1. The lowest BCUT2D eigenvalue weighted by Gasteiger charge is -2.14. The van der Waals surface area contributed by atoms with Gasteiger partial charge < -0.3 is 10.4 Å². The first kappa shape index (κ1) is 15.5. The van der Waals surface area contributed by atoms with Crippen molar-refractivity contribution in [2.45, 2.75) is 38.6 Å². The first-order valence-corrected chi connectivity index (χ1v) is 6.63. The Hall–Kier alpha value is -1.55. The third-order valence-electron chi connectivity index (χ3n) is 2.77. The number of carboxylic acids is 1. The van der Waals surface area contributed by atoms with Crippen molar-refractivity contribution in [3.8, 4) is 0 Å². The molecule has 0 bridgehead atoms. The normalized spacial score (nSPS) is 11.9. The molecule has 1 rings (SSSR count). The second-order valence-corrected chi connectivity index (χ2v) is 4.88. The van der Waals surface area contributed by atoms with Gasteiger partial charge in [0.05, 0.1) is 6.04 Å². The van der Waals surface area contributed by atoms with Gasteiger partial charge in [0.15, 0.2) is 0 Å². The number of aliphatic carboxylic acids is 1. The molecule has 2 N–H and O–H groups in total. The molecule has 0 aliphatic rings. The van der Waals surface area contributed by atoms with Crippen molar-refractivity contribution >= 4 is 23.5 Å². The number of carbonyl (C=O) groups excluding carboxylic acids is 1. The molecule has 1 atom stereocenters. The lowest BCUT2D eigenvalue weighted by Crippen LogP contribution is -2.26. The fourth-order valence-electron chi connectivity index (χ4n) is 1.73. The Kier molecular flexibility index (Phi) is 6.36. The average molecular weight is 284 g/mol. The highest BCUT2D eigenvalue weighted by Gasteiger charge is 2.09.